The van der Waals surface area contributed by atoms with E-state index < -0.39 is 11.7 Å². The fraction of sp³-hybridized carbons (Fsp3) is 0.476. The van der Waals surface area contributed by atoms with Gasteiger partial charge in [0.2, 0.25) is 0 Å². The van der Waals surface area contributed by atoms with Gasteiger partial charge in [0.05, 0.1) is 5.56 Å². The van der Waals surface area contributed by atoms with E-state index in [2.05, 4.69) is 21.8 Å². The monoisotopic (exact) mass is 404 g/mol. The molecule has 0 saturated carbocycles. The molecule has 5 nitrogen and oxygen atoms in total. The molecule has 154 valence electrons. The van der Waals surface area contributed by atoms with Crippen molar-refractivity contribution in [2.24, 2.45) is 5.92 Å². The lowest BCUT2D eigenvalue weighted by Gasteiger charge is -2.32. The number of halogens is 3. The second-order valence-electron chi connectivity index (χ2n) is 7.85. The second kappa shape index (κ2) is 7.65. The quantitative estimate of drug-likeness (QED) is 0.761. The summed E-state index contributed by atoms with van der Waals surface area (Å²) in [5.41, 5.74) is 0.383. The molecule has 4 rings (SSSR count). The van der Waals surface area contributed by atoms with Crippen LogP contribution in [0.1, 0.15) is 46.9 Å². The highest BCUT2D eigenvalue weighted by Gasteiger charge is 2.36. The van der Waals surface area contributed by atoms with Crippen molar-refractivity contribution in [3.63, 3.8) is 0 Å². The lowest BCUT2D eigenvalue weighted by atomic mass is 9.94. The smallest absolute Gasteiger partial charge is 0.356 e. The molecular weight excluding hydrogens is 381 g/mol. The minimum atomic E-state index is -4.44. The van der Waals surface area contributed by atoms with Gasteiger partial charge in [0.25, 0.3) is 5.91 Å². The van der Waals surface area contributed by atoms with E-state index in [4.69, 9.17) is 0 Å². The SMILES string of the molecule is CC1CCN(c2cc(C(=O)N3CCc4cccc(C(F)(F)F)c4C3)ncn2)CC1. The largest absolute Gasteiger partial charge is 0.416 e. The van der Waals surface area contributed by atoms with Gasteiger partial charge in [0.1, 0.15) is 17.8 Å². The Morgan fingerprint density at radius 2 is 1.90 bits per heavy atom. The first-order chi connectivity index (χ1) is 13.8. The summed E-state index contributed by atoms with van der Waals surface area (Å²) in [6, 6.07) is 5.86. The Balaban J connectivity index is 1.55. The first-order valence-electron chi connectivity index (χ1n) is 9.87. The van der Waals surface area contributed by atoms with Crippen molar-refractivity contribution < 1.29 is 18.0 Å². The third kappa shape index (κ3) is 4.06. The summed E-state index contributed by atoms with van der Waals surface area (Å²) >= 11 is 0. The van der Waals surface area contributed by atoms with Crippen molar-refractivity contribution in [3.05, 3.63) is 53.0 Å². The van der Waals surface area contributed by atoms with Gasteiger partial charge in [-0.25, -0.2) is 9.97 Å². The van der Waals surface area contributed by atoms with Crippen molar-refractivity contribution in [2.45, 2.75) is 38.9 Å². The number of aromatic nitrogens is 2. The molecule has 8 heteroatoms. The number of piperidine rings is 1. The summed E-state index contributed by atoms with van der Waals surface area (Å²) in [5.74, 6) is 1.01. The van der Waals surface area contributed by atoms with Crippen molar-refractivity contribution in [3.8, 4) is 0 Å². The third-order valence-electron chi connectivity index (χ3n) is 5.85. The molecule has 1 amide bonds. The number of carbonyl (C=O) groups is 1. The van der Waals surface area contributed by atoms with E-state index in [1.165, 1.54) is 17.3 Å². The van der Waals surface area contributed by atoms with Gasteiger partial charge in [0, 0.05) is 32.2 Å². The summed E-state index contributed by atoms with van der Waals surface area (Å²) in [7, 11) is 0. The molecular formula is C21H23F3N4O. The van der Waals surface area contributed by atoms with Gasteiger partial charge < -0.3 is 9.80 Å². The Kier molecular flexibility index (Phi) is 5.19. The molecule has 1 aromatic carbocycles. The summed E-state index contributed by atoms with van der Waals surface area (Å²) in [5, 5.41) is 0. The maximum Gasteiger partial charge on any atom is 0.416 e. The normalized spacial score (nSPS) is 17.9. The van der Waals surface area contributed by atoms with E-state index in [1.54, 1.807) is 12.1 Å². The van der Waals surface area contributed by atoms with Crippen LogP contribution in [-0.2, 0) is 19.1 Å². The number of hydrogen-bond donors (Lipinski definition) is 0. The molecule has 3 heterocycles. The molecule has 0 spiro atoms. The average Bonchev–Trinajstić information content (AvgIpc) is 2.72. The van der Waals surface area contributed by atoms with Crippen LogP contribution in [0.5, 0.6) is 0 Å². The summed E-state index contributed by atoms with van der Waals surface area (Å²) in [4.78, 5) is 25.0. The molecule has 0 atom stereocenters. The molecule has 2 aromatic rings. The van der Waals surface area contributed by atoms with Crippen molar-refractivity contribution in [1.29, 1.82) is 0 Å². The summed E-state index contributed by atoms with van der Waals surface area (Å²) in [6.07, 6.45) is -0.551. The predicted octanol–water partition coefficient (Wildman–Crippen LogP) is 3.93. The number of fused-ring (bicyclic) bond motifs is 1. The first-order valence-corrected chi connectivity index (χ1v) is 9.87. The molecule has 29 heavy (non-hydrogen) atoms. The van der Waals surface area contributed by atoms with Crippen LogP contribution in [0, 0.1) is 5.92 Å². The highest BCUT2D eigenvalue weighted by Crippen LogP contribution is 2.36. The topological polar surface area (TPSA) is 49.3 Å². The molecule has 1 fully saturated rings. The van der Waals surface area contributed by atoms with E-state index in [9.17, 15) is 18.0 Å². The maximum absolute atomic E-state index is 13.4. The van der Waals surface area contributed by atoms with Gasteiger partial charge in [-0.15, -0.1) is 0 Å². The lowest BCUT2D eigenvalue weighted by Crippen LogP contribution is -2.38. The lowest BCUT2D eigenvalue weighted by molar-refractivity contribution is -0.138. The van der Waals surface area contributed by atoms with Crippen LogP contribution < -0.4 is 4.90 Å². The van der Waals surface area contributed by atoms with E-state index in [1.807, 2.05) is 0 Å². The number of nitrogens with zero attached hydrogens (tertiary/aromatic N) is 4. The summed E-state index contributed by atoms with van der Waals surface area (Å²) < 4.78 is 40.2. The minimum absolute atomic E-state index is 0.0651. The van der Waals surface area contributed by atoms with Gasteiger partial charge in [-0.05, 0) is 42.4 Å². The zero-order chi connectivity index (χ0) is 20.6. The number of amides is 1. The molecule has 0 bridgehead atoms. The van der Waals surface area contributed by atoms with Crippen LogP contribution in [0.4, 0.5) is 19.0 Å². The number of benzene rings is 1. The second-order valence-corrected chi connectivity index (χ2v) is 7.85. The molecule has 1 aromatic heterocycles. The predicted molar refractivity (Wildman–Crippen MR) is 103 cm³/mol. The number of hydrogen-bond acceptors (Lipinski definition) is 4. The molecule has 0 N–H and O–H groups in total. The van der Waals surface area contributed by atoms with Crippen molar-refractivity contribution in [1.82, 2.24) is 14.9 Å². The van der Waals surface area contributed by atoms with Crippen LogP contribution in [0.2, 0.25) is 0 Å². The Labute approximate surface area is 167 Å². The third-order valence-corrected chi connectivity index (χ3v) is 5.85. The molecule has 0 radical (unpaired) electrons. The highest BCUT2D eigenvalue weighted by molar-refractivity contribution is 5.93. The number of alkyl halides is 3. The van der Waals surface area contributed by atoms with E-state index in [-0.39, 0.29) is 23.7 Å². The zero-order valence-electron chi connectivity index (χ0n) is 16.2. The Morgan fingerprint density at radius 1 is 1.14 bits per heavy atom. The highest BCUT2D eigenvalue weighted by atomic mass is 19.4. The van der Waals surface area contributed by atoms with Crippen LogP contribution >= 0.6 is 0 Å². The molecule has 1 saturated heterocycles. The maximum atomic E-state index is 13.4. The van der Waals surface area contributed by atoms with Gasteiger partial charge in [0.15, 0.2) is 0 Å². The molecule has 2 aliphatic rings. The Bertz CT molecular complexity index is 907. The van der Waals surface area contributed by atoms with Crippen LogP contribution in [0.25, 0.3) is 0 Å². The Morgan fingerprint density at radius 3 is 2.62 bits per heavy atom. The molecule has 0 unspecified atom stereocenters. The minimum Gasteiger partial charge on any atom is -0.356 e. The van der Waals surface area contributed by atoms with Gasteiger partial charge in [-0.1, -0.05) is 19.1 Å². The van der Waals surface area contributed by atoms with Gasteiger partial charge in [-0.2, -0.15) is 13.2 Å². The van der Waals surface area contributed by atoms with Crippen molar-refractivity contribution >= 4 is 11.7 Å². The van der Waals surface area contributed by atoms with Crippen molar-refractivity contribution in [2.75, 3.05) is 24.5 Å². The van der Waals surface area contributed by atoms with Gasteiger partial charge in [-0.3, -0.25) is 4.79 Å². The fourth-order valence-electron chi connectivity index (χ4n) is 4.06. The average molecular weight is 404 g/mol. The van der Waals surface area contributed by atoms with Gasteiger partial charge >= 0.3 is 6.18 Å². The summed E-state index contributed by atoms with van der Waals surface area (Å²) in [6.45, 7) is 4.27. The van der Waals surface area contributed by atoms with Crippen LogP contribution in [-0.4, -0.2) is 40.4 Å². The number of anilines is 1. The van der Waals surface area contributed by atoms with Crippen LogP contribution in [0.3, 0.4) is 0 Å². The van der Waals surface area contributed by atoms with E-state index in [0.29, 0.717) is 30.3 Å². The first kappa shape index (κ1) is 19.7. The molecule has 2 aliphatic heterocycles. The Hall–Kier alpha value is -2.64. The zero-order valence-corrected chi connectivity index (χ0v) is 16.2. The number of rotatable bonds is 2. The van der Waals surface area contributed by atoms with E-state index >= 15 is 0 Å². The van der Waals surface area contributed by atoms with E-state index in [0.717, 1.165) is 32.0 Å². The van der Waals surface area contributed by atoms with Crippen LogP contribution in [0.15, 0.2) is 30.6 Å². The molecule has 0 aliphatic carbocycles. The fourth-order valence-corrected chi connectivity index (χ4v) is 4.06. The standard InChI is InChI=1S/C21H23F3N4O/c1-14-5-8-27(9-6-14)19-11-18(25-13-26-19)20(29)28-10-7-15-3-2-4-17(16(15)12-28)21(22,23)24/h2-4,11,13-14H,5-10,12H2,1H3. The number of carbonyl (C=O) groups excluding carboxylic acids is 1.